The maximum absolute atomic E-state index is 12.7. The summed E-state index contributed by atoms with van der Waals surface area (Å²) in [4.78, 5) is 12.7. The molecule has 1 N–H and O–H groups in total. The Morgan fingerprint density at radius 2 is 2.08 bits per heavy atom. The number of hydrogen-bond donors (Lipinski definition) is 1. The lowest BCUT2D eigenvalue weighted by molar-refractivity contribution is -0.231. The van der Waals surface area contributed by atoms with Crippen LogP contribution in [0.3, 0.4) is 0 Å². The highest BCUT2D eigenvalue weighted by Gasteiger charge is 2.57. The van der Waals surface area contributed by atoms with Gasteiger partial charge in [-0.05, 0) is 54.8 Å². The SMILES string of the molecule is C=C1C[C@](C)(C(=O)CC)C(C)C2C1C1CC[C@@](O)(OC)CC1C[C@H]2C. The van der Waals surface area contributed by atoms with Crippen molar-refractivity contribution in [2.75, 3.05) is 7.11 Å². The molecular weight excluding hydrogens is 312 g/mol. The van der Waals surface area contributed by atoms with Crippen LogP contribution >= 0.6 is 0 Å². The third-order valence-corrected chi connectivity index (χ3v) is 8.25. The molecule has 3 aliphatic rings. The summed E-state index contributed by atoms with van der Waals surface area (Å²) in [7, 11) is 1.62. The number of ether oxygens (including phenoxy) is 1. The van der Waals surface area contributed by atoms with Crippen molar-refractivity contribution < 1.29 is 14.6 Å². The molecule has 0 heterocycles. The van der Waals surface area contributed by atoms with E-state index in [1.807, 2.05) is 6.92 Å². The van der Waals surface area contributed by atoms with Gasteiger partial charge < -0.3 is 9.84 Å². The molecule has 8 atom stereocenters. The van der Waals surface area contributed by atoms with Crippen LogP contribution in [0.4, 0.5) is 0 Å². The molecular formula is C22H36O3. The van der Waals surface area contributed by atoms with Crippen molar-refractivity contribution in [1.29, 1.82) is 0 Å². The van der Waals surface area contributed by atoms with Crippen molar-refractivity contribution in [3.05, 3.63) is 12.2 Å². The molecule has 0 aromatic heterocycles. The lowest BCUT2D eigenvalue weighted by atomic mass is 9.46. The molecule has 3 nitrogen and oxygen atoms in total. The normalized spacial score (nSPS) is 50.1. The molecule has 0 bridgehead atoms. The molecule has 0 aromatic carbocycles. The highest BCUT2D eigenvalue weighted by Crippen LogP contribution is 2.61. The van der Waals surface area contributed by atoms with Gasteiger partial charge in [-0.15, -0.1) is 0 Å². The molecule has 5 unspecified atom stereocenters. The Morgan fingerprint density at radius 3 is 2.68 bits per heavy atom. The number of hydrogen-bond acceptors (Lipinski definition) is 3. The standard InChI is InChI=1S/C22H36O3/c1-7-18(23)21(5)11-14(3)20-17-8-9-22(24,25-6)12-16(17)10-13(2)19(20)15(21)4/h13,15-17,19-20,24H,3,7-12H2,1-2,4-6H3/t13-,15?,16?,17?,19?,20?,21+,22-/m1/s1. The van der Waals surface area contributed by atoms with Crippen LogP contribution < -0.4 is 0 Å². The number of methoxy groups -OCH3 is 1. The van der Waals surface area contributed by atoms with E-state index in [0.717, 1.165) is 32.1 Å². The first-order chi connectivity index (χ1) is 11.7. The molecule has 0 aromatic rings. The number of allylic oxidation sites excluding steroid dienone is 1. The second-order valence-electron chi connectivity index (χ2n) is 9.45. The van der Waals surface area contributed by atoms with Crippen LogP contribution in [0, 0.1) is 40.9 Å². The van der Waals surface area contributed by atoms with E-state index in [9.17, 15) is 9.90 Å². The maximum atomic E-state index is 12.7. The average Bonchev–Trinajstić information content (AvgIpc) is 2.57. The largest absolute Gasteiger partial charge is 0.365 e. The van der Waals surface area contributed by atoms with Gasteiger partial charge in [-0.3, -0.25) is 4.79 Å². The molecule has 0 amide bonds. The highest BCUT2D eigenvalue weighted by molar-refractivity contribution is 5.85. The summed E-state index contributed by atoms with van der Waals surface area (Å²) in [6, 6.07) is 0. The Labute approximate surface area is 153 Å². The number of ketones is 1. The van der Waals surface area contributed by atoms with Crippen LogP contribution in [-0.2, 0) is 9.53 Å². The predicted octanol–water partition coefficient (Wildman–Crippen LogP) is 4.59. The molecule has 0 aliphatic heterocycles. The minimum atomic E-state index is -0.942. The second-order valence-corrected chi connectivity index (χ2v) is 9.45. The van der Waals surface area contributed by atoms with Gasteiger partial charge in [-0.1, -0.05) is 39.8 Å². The fraction of sp³-hybridized carbons (Fsp3) is 0.864. The van der Waals surface area contributed by atoms with Gasteiger partial charge in [0.1, 0.15) is 5.78 Å². The van der Waals surface area contributed by atoms with Crippen LogP contribution in [0.5, 0.6) is 0 Å². The lowest BCUT2D eigenvalue weighted by Gasteiger charge is -2.59. The van der Waals surface area contributed by atoms with E-state index in [-0.39, 0.29) is 5.41 Å². The third kappa shape index (κ3) is 2.92. The Bertz CT molecular complexity index is 555. The zero-order valence-corrected chi connectivity index (χ0v) is 16.7. The number of carbonyl (C=O) groups is 1. The summed E-state index contributed by atoms with van der Waals surface area (Å²) < 4.78 is 5.41. The predicted molar refractivity (Wildman–Crippen MR) is 99.9 cm³/mol. The quantitative estimate of drug-likeness (QED) is 0.599. The van der Waals surface area contributed by atoms with Crippen LogP contribution in [0.15, 0.2) is 12.2 Å². The first-order valence-corrected chi connectivity index (χ1v) is 10.2. The van der Waals surface area contributed by atoms with Crippen molar-refractivity contribution in [1.82, 2.24) is 0 Å². The fourth-order valence-electron chi connectivity index (χ4n) is 6.79. The summed E-state index contributed by atoms with van der Waals surface area (Å²) in [6.07, 6.45) is 5.06. The Hall–Kier alpha value is -0.670. The molecule has 0 saturated heterocycles. The van der Waals surface area contributed by atoms with Crippen LogP contribution in [0.25, 0.3) is 0 Å². The Morgan fingerprint density at radius 1 is 1.40 bits per heavy atom. The molecule has 0 spiro atoms. The zero-order chi connectivity index (χ0) is 18.6. The smallest absolute Gasteiger partial charge is 0.165 e. The van der Waals surface area contributed by atoms with Crippen LogP contribution in [0.2, 0.25) is 0 Å². The monoisotopic (exact) mass is 348 g/mol. The average molecular weight is 349 g/mol. The van der Waals surface area contributed by atoms with Crippen molar-refractivity contribution in [3.63, 3.8) is 0 Å². The van der Waals surface area contributed by atoms with Gasteiger partial charge >= 0.3 is 0 Å². The summed E-state index contributed by atoms with van der Waals surface area (Å²) in [6.45, 7) is 13.3. The number of rotatable bonds is 3. The van der Waals surface area contributed by atoms with Crippen LogP contribution in [-0.4, -0.2) is 23.8 Å². The highest BCUT2D eigenvalue weighted by atomic mass is 16.6. The fourth-order valence-corrected chi connectivity index (χ4v) is 6.79. The summed E-state index contributed by atoms with van der Waals surface area (Å²) in [5.74, 6) is 2.54. The molecule has 25 heavy (non-hydrogen) atoms. The maximum Gasteiger partial charge on any atom is 0.165 e. The van der Waals surface area contributed by atoms with E-state index >= 15 is 0 Å². The number of fused-ring (bicyclic) bond motifs is 3. The molecule has 3 aliphatic carbocycles. The van der Waals surface area contributed by atoms with Crippen LogP contribution in [0.1, 0.15) is 66.2 Å². The number of Topliss-reactive ketones (excluding diaryl/α,β-unsaturated/α-hetero) is 1. The topological polar surface area (TPSA) is 46.5 Å². The van der Waals surface area contributed by atoms with Crippen molar-refractivity contribution in [2.24, 2.45) is 40.9 Å². The van der Waals surface area contributed by atoms with Gasteiger partial charge in [-0.25, -0.2) is 0 Å². The first-order valence-electron chi connectivity index (χ1n) is 10.2. The summed E-state index contributed by atoms with van der Waals surface area (Å²) in [5, 5.41) is 10.6. The van der Waals surface area contributed by atoms with Gasteiger partial charge in [0.15, 0.2) is 5.79 Å². The Balaban J connectivity index is 1.90. The summed E-state index contributed by atoms with van der Waals surface area (Å²) in [5.41, 5.74) is 1.03. The molecule has 3 fully saturated rings. The van der Waals surface area contributed by atoms with Gasteiger partial charge in [0.2, 0.25) is 0 Å². The molecule has 3 saturated carbocycles. The second kappa shape index (κ2) is 6.49. The summed E-state index contributed by atoms with van der Waals surface area (Å²) >= 11 is 0. The van der Waals surface area contributed by atoms with Crippen molar-refractivity contribution >= 4 is 5.78 Å². The van der Waals surface area contributed by atoms with Gasteiger partial charge in [0, 0.05) is 31.8 Å². The number of carbonyl (C=O) groups excluding carboxylic acids is 1. The van der Waals surface area contributed by atoms with E-state index in [1.54, 1.807) is 7.11 Å². The van der Waals surface area contributed by atoms with Gasteiger partial charge in [0.05, 0.1) is 0 Å². The van der Waals surface area contributed by atoms with E-state index < -0.39 is 5.79 Å². The first kappa shape index (κ1) is 19.1. The van der Waals surface area contributed by atoms with Gasteiger partial charge in [-0.2, -0.15) is 0 Å². The molecule has 3 rings (SSSR count). The number of aliphatic hydroxyl groups is 1. The van der Waals surface area contributed by atoms with E-state index in [1.165, 1.54) is 5.57 Å². The minimum absolute atomic E-state index is 0.254. The third-order valence-electron chi connectivity index (χ3n) is 8.25. The van der Waals surface area contributed by atoms with E-state index in [0.29, 0.717) is 47.7 Å². The van der Waals surface area contributed by atoms with Crippen molar-refractivity contribution in [2.45, 2.75) is 72.0 Å². The van der Waals surface area contributed by atoms with Gasteiger partial charge in [0.25, 0.3) is 0 Å². The molecule has 3 heteroatoms. The van der Waals surface area contributed by atoms with E-state index in [4.69, 9.17) is 4.74 Å². The van der Waals surface area contributed by atoms with E-state index in [2.05, 4.69) is 27.4 Å². The Kier molecular flexibility index (Phi) is 4.96. The molecule has 0 radical (unpaired) electrons. The minimum Gasteiger partial charge on any atom is -0.365 e. The zero-order valence-electron chi connectivity index (χ0n) is 16.7. The van der Waals surface area contributed by atoms with Crippen molar-refractivity contribution in [3.8, 4) is 0 Å². The lowest BCUT2D eigenvalue weighted by Crippen LogP contribution is -2.55. The molecule has 142 valence electrons.